The number of thiazole rings is 1. The summed E-state index contributed by atoms with van der Waals surface area (Å²) in [4.78, 5) is 28.1. The average molecular weight is 356 g/mol. The molecule has 2 N–H and O–H groups in total. The molecule has 0 atom stereocenters. The van der Waals surface area contributed by atoms with E-state index in [9.17, 15) is 14.7 Å². The predicted octanol–water partition coefficient (Wildman–Crippen LogP) is 3.36. The molecule has 2 aromatic carbocycles. The number of rotatable bonds is 5. The van der Waals surface area contributed by atoms with Gasteiger partial charge in [-0.15, -0.1) is 11.3 Å². The van der Waals surface area contributed by atoms with Gasteiger partial charge in [0.25, 0.3) is 5.91 Å². The summed E-state index contributed by atoms with van der Waals surface area (Å²) in [5.74, 6) is -0.919. The topological polar surface area (TPSA) is 88.5 Å². The summed E-state index contributed by atoms with van der Waals surface area (Å²) in [5, 5.41) is 16.5. The van der Waals surface area contributed by atoms with Crippen LogP contribution in [0, 0.1) is 0 Å². The fraction of sp³-hybridized carbons (Fsp3) is 0.167. The molecule has 0 aliphatic heterocycles. The summed E-state index contributed by atoms with van der Waals surface area (Å²) in [5.41, 5.74) is 0.697. The van der Waals surface area contributed by atoms with Crippen molar-refractivity contribution in [2.45, 2.75) is 13.3 Å². The number of aromatic hydroxyl groups is 1. The van der Waals surface area contributed by atoms with Crippen molar-refractivity contribution in [2.75, 3.05) is 11.9 Å². The SMILES string of the molecule is CCOC(=O)Cc1csc(NC(=O)c2cc3ccccc3cc2O)n1. The molecule has 1 heterocycles. The average Bonchev–Trinajstić information content (AvgIpc) is 3.01. The zero-order valence-corrected chi connectivity index (χ0v) is 14.3. The second kappa shape index (κ2) is 7.31. The number of carbonyl (C=O) groups is 2. The van der Waals surface area contributed by atoms with Crippen LogP contribution in [-0.2, 0) is 16.0 Å². The Morgan fingerprint density at radius 3 is 2.68 bits per heavy atom. The molecule has 128 valence electrons. The third kappa shape index (κ3) is 3.95. The van der Waals surface area contributed by atoms with E-state index < -0.39 is 5.91 Å². The number of esters is 1. The van der Waals surface area contributed by atoms with Gasteiger partial charge in [-0.1, -0.05) is 24.3 Å². The smallest absolute Gasteiger partial charge is 0.311 e. The molecule has 0 saturated carbocycles. The molecule has 1 amide bonds. The van der Waals surface area contributed by atoms with E-state index in [0.717, 1.165) is 10.8 Å². The maximum Gasteiger partial charge on any atom is 0.311 e. The Kier molecular flexibility index (Phi) is 4.95. The summed E-state index contributed by atoms with van der Waals surface area (Å²) in [6, 6.07) is 10.6. The minimum absolute atomic E-state index is 0.0570. The lowest BCUT2D eigenvalue weighted by atomic mass is 10.1. The second-order valence-corrected chi connectivity index (χ2v) is 6.15. The van der Waals surface area contributed by atoms with E-state index in [1.54, 1.807) is 24.4 Å². The lowest BCUT2D eigenvalue weighted by Crippen LogP contribution is -2.12. The van der Waals surface area contributed by atoms with Crippen LogP contribution in [0.15, 0.2) is 41.8 Å². The molecule has 3 aromatic rings. The minimum Gasteiger partial charge on any atom is -0.507 e. The highest BCUT2D eigenvalue weighted by atomic mass is 32.1. The third-order valence-corrected chi connectivity index (χ3v) is 4.32. The van der Waals surface area contributed by atoms with Crippen molar-refractivity contribution in [1.82, 2.24) is 4.98 Å². The van der Waals surface area contributed by atoms with Gasteiger partial charge in [0, 0.05) is 5.38 Å². The highest BCUT2D eigenvalue weighted by Crippen LogP contribution is 2.26. The van der Waals surface area contributed by atoms with E-state index in [2.05, 4.69) is 10.3 Å². The van der Waals surface area contributed by atoms with Gasteiger partial charge < -0.3 is 9.84 Å². The second-order valence-electron chi connectivity index (χ2n) is 5.30. The van der Waals surface area contributed by atoms with Gasteiger partial charge >= 0.3 is 5.97 Å². The fourth-order valence-corrected chi connectivity index (χ4v) is 3.09. The molecule has 0 radical (unpaired) electrons. The van der Waals surface area contributed by atoms with Crippen LogP contribution < -0.4 is 5.32 Å². The zero-order valence-electron chi connectivity index (χ0n) is 13.5. The molecular weight excluding hydrogens is 340 g/mol. The lowest BCUT2D eigenvalue weighted by Gasteiger charge is -2.06. The molecule has 0 bridgehead atoms. The summed E-state index contributed by atoms with van der Waals surface area (Å²) in [6.45, 7) is 2.05. The van der Waals surface area contributed by atoms with Gasteiger partial charge in [0.05, 0.1) is 24.3 Å². The number of benzene rings is 2. The number of aromatic nitrogens is 1. The van der Waals surface area contributed by atoms with Crippen LogP contribution in [0.1, 0.15) is 23.0 Å². The maximum absolute atomic E-state index is 12.4. The first-order valence-electron chi connectivity index (χ1n) is 7.70. The Bertz CT molecular complexity index is 936. The molecule has 0 aliphatic carbocycles. The van der Waals surface area contributed by atoms with Crippen LogP contribution in [-0.4, -0.2) is 28.6 Å². The van der Waals surface area contributed by atoms with Crippen LogP contribution >= 0.6 is 11.3 Å². The zero-order chi connectivity index (χ0) is 17.8. The van der Waals surface area contributed by atoms with Crippen LogP contribution in [0.2, 0.25) is 0 Å². The Balaban J connectivity index is 1.75. The highest BCUT2D eigenvalue weighted by molar-refractivity contribution is 7.14. The van der Waals surface area contributed by atoms with Crippen LogP contribution in [0.25, 0.3) is 10.8 Å². The van der Waals surface area contributed by atoms with Crippen molar-refractivity contribution in [3.05, 3.63) is 53.0 Å². The highest BCUT2D eigenvalue weighted by Gasteiger charge is 2.15. The number of phenols is 1. The number of ether oxygens (including phenoxy) is 1. The number of anilines is 1. The molecular formula is C18H16N2O4S. The molecule has 0 unspecified atom stereocenters. The number of nitrogens with one attached hydrogen (secondary N) is 1. The number of hydrogen-bond acceptors (Lipinski definition) is 6. The van der Waals surface area contributed by atoms with E-state index in [1.807, 2.05) is 24.3 Å². The van der Waals surface area contributed by atoms with Crippen molar-refractivity contribution in [2.24, 2.45) is 0 Å². The van der Waals surface area contributed by atoms with E-state index in [-0.39, 0.29) is 23.7 Å². The maximum atomic E-state index is 12.4. The first-order valence-corrected chi connectivity index (χ1v) is 8.58. The van der Waals surface area contributed by atoms with E-state index in [0.29, 0.717) is 17.4 Å². The molecule has 25 heavy (non-hydrogen) atoms. The summed E-state index contributed by atoms with van der Waals surface area (Å²) < 4.78 is 4.87. The summed E-state index contributed by atoms with van der Waals surface area (Å²) in [7, 11) is 0. The molecule has 3 rings (SSSR count). The lowest BCUT2D eigenvalue weighted by molar-refractivity contribution is -0.142. The first-order chi connectivity index (χ1) is 12.1. The summed E-state index contributed by atoms with van der Waals surface area (Å²) >= 11 is 1.21. The molecule has 7 heteroatoms. The number of amides is 1. The molecule has 0 fully saturated rings. The molecule has 1 aromatic heterocycles. The summed E-state index contributed by atoms with van der Waals surface area (Å²) in [6.07, 6.45) is 0.0570. The van der Waals surface area contributed by atoms with Gasteiger partial charge in [-0.05, 0) is 29.8 Å². The molecule has 0 aliphatic rings. The van der Waals surface area contributed by atoms with Crippen molar-refractivity contribution in [3.63, 3.8) is 0 Å². The van der Waals surface area contributed by atoms with Crippen LogP contribution in [0.4, 0.5) is 5.13 Å². The van der Waals surface area contributed by atoms with Gasteiger partial charge in [-0.3, -0.25) is 14.9 Å². The largest absolute Gasteiger partial charge is 0.507 e. The molecule has 0 saturated heterocycles. The fourth-order valence-electron chi connectivity index (χ4n) is 2.38. The monoisotopic (exact) mass is 356 g/mol. The van der Waals surface area contributed by atoms with Gasteiger partial charge in [-0.25, -0.2) is 4.98 Å². The number of carbonyl (C=O) groups excluding carboxylic acids is 2. The minimum atomic E-state index is -0.458. The molecule has 6 nitrogen and oxygen atoms in total. The standard InChI is InChI=1S/C18H16N2O4S/c1-2-24-16(22)9-13-10-25-18(19-13)20-17(23)14-7-11-5-3-4-6-12(11)8-15(14)21/h3-8,10,21H,2,9H2,1H3,(H,19,20,23). The van der Waals surface area contributed by atoms with E-state index >= 15 is 0 Å². The van der Waals surface area contributed by atoms with Crippen LogP contribution in [0.5, 0.6) is 5.75 Å². The Labute approximate surface area is 148 Å². The van der Waals surface area contributed by atoms with Crippen LogP contribution in [0.3, 0.4) is 0 Å². The van der Waals surface area contributed by atoms with Crippen molar-refractivity contribution < 1.29 is 19.4 Å². The van der Waals surface area contributed by atoms with E-state index in [1.165, 1.54) is 11.3 Å². The number of fused-ring (bicyclic) bond motifs is 1. The van der Waals surface area contributed by atoms with Crippen molar-refractivity contribution in [3.8, 4) is 5.75 Å². The Hall–Kier alpha value is -2.93. The normalized spacial score (nSPS) is 10.6. The quantitative estimate of drug-likeness (QED) is 0.684. The Morgan fingerprint density at radius 1 is 1.24 bits per heavy atom. The predicted molar refractivity (Wildman–Crippen MR) is 96.0 cm³/mol. The number of nitrogens with zero attached hydrogens (tertiary/aromatic N) is 1. The van der Waals surface area contributed by atoms with Gasteiger partial charge in [0.15, 0.2) is 5.13 Å². The Morgan fingerprint density at radius 2 is 1.96 bits per heavy atom. The van der Waals surface area contributed by atoms with E-state index in [4.69, 9.17) is 4.74 Å². The van der Waals surface area contributed by atoms with Gasteiger partial charge in [0.2, 0.25) is 0 Å². The molecule has 0 spiro atoms. The number of phenolic OH excluding ortho intramolecular Hbond substituents is 1. The van der Waals surface area contributed by atoms with Crippen molar-refractivity contribution >= 4 is 39.1 Å². The third-order valence-electron chi connectivity index (χ3n) is 3.51. The number of hydrogen-bond donors (Lipinski definition) is 2. The van der Waals surface area contributed by atoms with Gasteiger partial charge in [0.1, 0.15) is 5.75 Å². The van der Waals surface area contributed by atoms with Crippen molar-refractivity contribution in [1.29, 1.82) is 0 Å². The van der Waals surface area contributed by atoms with Gasteiger partial charge in [-0.2, -0.15) is 0 Å². The first kappa shape index (κ1) is 16.9.